The minimum absolute atomic E-state index is 0.0785. The van der Waals surface area contributed by atoms with Gasteiger partial charge in [-0.25, -0.2) is 5.43 Å². The normalized spacial score (nSPS) is 11.2. The van der Waals surface area contributed by atoms with Crippen LogP contribution in [0.1, 0.15) is 22.8 Å². The maximum atomic E-state index is 12.0. The van der Waals surface area contributed by atoms with Gasteiger partial charge in [-0.1, -0.05) is 11.1 Å². The summed E-state index contributed by atoms with van der Waals surface area (Å²) in [6, 6.07) is 4.08. The largest absolute Gasteiger partial charge is 0.490 e. The van der Waals surface area contributed by atoms with Crippen LogP contribution in [0.15, 0.2) is 29.6 Å². The third-order valence-corrected chi connectivity index (χ3v) is 3.09. The van der Waals surface area contributed by atoms with Crippen LogP contribution in [-0.4, -0.2) is 36.2 Å². The Morgan fingerprint density at radius 1 is 1.32 bits per heavy atom. The zero-order valence-corrected chi connectivity index (χ0v) is 13.2. The Kier molecular flexibility index (Phi) is 5.12. The van der Waals surface area contributed by atoms with E-state index in [4.69, 9.17) is 0 Å². The first-order chi connectivity index (χ1) is 11.8. The van der Waals surface area contributed by atoms with Gasteiger partial charge >= 0.3 is 5.95 Å². The molecule has 0 fully saturated rings. The van der Waals surface area contributed by atoms with E-state index in [9.17, 15) is 25.0 Å². The van der Waals surface area contributed by atoms with Gasteiger partial charge in [-0.15, -0.1) is 0 Å². The number of nitro groups is 2. The topological polar surface area (TPSA) is 158 Å². The Balaban J connectivity index is 2.04. The first-order valence-corrected chi connectivity index (χ1v) is 6.90. The summed E-state index contributed by atoms with van der Waals surface area (Å²) in [6.45, 7) is 3.22. The second-order valence-corrected chi connectivity index (χ2v) is 5.05. The van der Waals surface area contributed by atoms with Crippen LogP contribution >= 0.6 is 0 Å². The number of aromatic nitrogens is 3. The summed E-state index contributed by atoms with van der Waals surface area (Å²) in [4.78, 5) is 35.6. The lowest BCUT2D eigenvalue weighted by atomic mass is 10.1. The number of hydrogen-bond acceptors (Lipinski definition) is 8. The first kappa shape index (κ1) is 17.7. The van der Waals surface area contributed by atoms with Crippen molar-refractivity contribution in [2.75, 3.05) is 0 Å². The van der Waals surface area contributed by atoms with Gasteiger partial charge in [0.05, 0.1) is 17.2 Å². The molecule has 130 valence electrons. The molecule has 0 spiro atoms. The number of carbonyl (C=O) groups excluding carboxylic acids is 1. The van der Waals surface area contributed by atoms with Gasteiger partial charge in [-0.3, -0.25) is 14.9 Å². The minimum Gasteiger partial charge on any atom is -0.390 e. The van der Waals surface area contributed by atoms with Gasteiger partial charge < -0.3 is 10.1 Å². The maximum absolute atomic E-state index is 12.0. The van der Waals surface area contributed by atoms with E-state index in [1.807, 2.05) is 0 Å². The highest BCUT2D eigenvalue weighted by atomic mass is 16.6. The number of rotatable bonds is 6. The number of aryl methyl sites for hydroxylation is 1. The minimum atomic E-state index is -0.727. The molecule has 0 bridgehead atoms. The van der Waals surface area contributed by atoms with Crippen LogP contribution in [0.3, 0.4) is 0 Å². The molecular formula is C13H13N7O5. The number of hydrogen-bond donors (Lipinski definition) is 1. The fourth-order valence-corrected chi connectivity index (χ4v) is 1.87. The number of carbonyl (C=O) groups is 1. The van der Waals surface area contributed by atoms with Crippen molar-refractivity contribution in [2.45, 2.75) is 20.4 Å². The molecule has 0 radical (unpaired) electrons. The van der Waals surface area contributed by atoms with Crippen LogP contribution in [0.4, 0.5) is 11.6 Å². The van der Waals surface area contributed by atoms with E-state index in [1.165, 1.54) is 23.1 Å². The quantitative estimate of drug-likeness (QED) is 0.467. The predicted octanol–water partition coefficient (Wildman–Crippen LogP) is 1.21. The summed E-state index contributed by atoms with van der Waals surface area (Å²) >= 11 is 0. The first-order valence-electron chi connectivity index (χ1n) is 6.90. The lowest BCUT2D eigenvalue weighted by Gasteiger charge is -2.03. The van der Waals surface area contributed by atoms with Crippen molar-refractivity contribution < 1.29 is 14.6 Å². The average Bonchev–Trinajstić information content (AvgIpc) is 3.01. The number of amides is 1. The van der Waals surface area contributed by atoms with E-state index < -0.39 is 21.7 Å². The molecule has 1 amide bonds. The summed E-state index contributed by atoms with van der Waals surface area (Å²) in [5.74, 6) is -1.16. The second kappa shape index (κ2) is 7.25. The van der Waals surface area contributed by atoms with Gasteiger partial charge in [0.1, 0.15) is 0 Å². The monoisotopic (exact) mass is 347 g/mol. The predicted molar refractivity (Wildman–Crippen MR) is 85.1 cm³/mol. The molecule has 12 nitrogen and oxygen atoms in total. The maximum Gasteiger partial charge on any atom is 0.490 e. The number of nitro benzene ring substituents is 1. The Morgan fingerprint density at radius 3 is 2.64 bits per heavy atom. The zero-order valence-electron chi connectivity index (χ0n) is 13.2. The molecule has 0 saturated carbocycles. The van der Waals surface area contributed by atoms with Gasteiger partial charge in [0.15, 0.2) is 0 Å². The van der Waals surface area contributed by atoms with Crippen molar-refractivity contribution in [3.63, 3.8) is 0 Å². The van der Waals surface area contributed by atoms with Crippen LogP contribution < -0.4 is 5.43 Å². The highest BCUT2D eigenvalue weighted by Gasteiger charge is 2.15. The number of hydrazone groups is 1. The molecule has 25 heavy (non-hydrogen) atoms. The third-order valence-electron chi connectivity index (χ3n) is 3.09. The average molecular weight is 347 g/mol. The molecule has 0 aliphatic heterocycles. The number of nitrogens with zero attached hydrogens (tertiary/aromatic N) is 6. The van der Waals surface area contributed by atoms with Crippen molar-refractivity contribution in [3.05, 3.63) is 55.9 Å². The molecule has 0 unspecified atom stereocenters. The Labute approximate surface area is 140 Å². The molecule has 1 aromatic carbocycles. The standard InChI is InChI=1S/C13H13N7O5/c1-8-3-4-10(5-11(8)19(22)23)12(21)16-15-9(2)6-18-7-14-13(17-18)20(24)25/h3-5,7H,6H2,1-2H3,(H,16,21). The molecular weight excluding hydrogens is 334 g/mol. The van der Waals surface area contributed by atoms with Crippen molar-refractivity contribution in [2.24, 2.45) is 5.10 Å². The van der Waals surface area contributed by atoms with E-state index >= 15 is 0 Å². The van der Waals surface area contributed by atoms with Gasteiger partial charge in [-0.05, 0) is 24.8 Å². The summed E-state index contributed by atoms with van der Waals surface area (Å²) in [5.41, 5.74) is 3.03. The van der Waals surface area contributed by atoms with E-state index in [0.717, 1.165) is 6.07 Å². The van der Waals surface area contributed by atoms with Crippen LogP contribution in [0, 0.1) is 27.2 Å². The van der Waals surface area contributed by atoms with Gasteiger partial charge in [0.25, 0.3) is 11.6 Å². The van der Waals surface area contributed by atoms with Crippen LogP contribution in [0.5, 0.6) is 0 Å². The molecule has 2 rings (SSSR count). The van der Waals surface area contributed by atoms with E-state index in [1.54, 1.807) is 13.8 Å². The van der Waals surface area contributed by atoms with Crippen molar-refractivity contribution in [3.8, 4) is 0 Å². The van der Waals surface area contributed by atoms with Crippen LogP contribution in [0.25, 0.3) is 0 Å². The van der Waals surface area contributed by atoms with Gasteiger partial charge in [0.2, 0.25) is 6.33 Å². The fourth-order valence-electron chi connectivity index (χ4n) is 1.87. The Hall–Kier alpha value is -3.70. The second-order valence-electron chi connectivity index (χ2n) is 5.05. The van der Waals surface area contributed by atoms with Crippen LogP contribution in [0.2, 0.25) is 0 Å². The van der Waals surface area contributed by atoms with Gasteiger partial charge in [-0.2, -0.15) is 9.78 Å². The van der Waals surface area contributed by atoms with Crippen molar-refractivity contribution in [1.29, 1.82) is 0 Å². The Bertz CT molecular complexity index is 873. The molecule has 1 N–H and O–H groups in total. The summed E-state index contributed by atoms with van der Waals surface area (Å²) in [5, 5.41) is 28.9. The number of benzene rings is 1. The lowest BCUT2D eigenvalue weighted by Crippen LogP contribution is -2.21. The lowest BCUT2D eigenvalue weighted by molar-refractivity contribution is -0.394. The summed E-state index contributed by atoms with van der Waals surface area (Å²) in [6.07, 6.45) is 1.17. The molecule has 0 aliphatic rings. The molecule has 12 heteroatoms. The van der Waals surface area contributed by atoms with E-state index in [0.29, 0.717) is 11.3 Å². The van der Waals surface area contributed by atoms with E-state index in [-0.39, 0.29) is 17.8 Å². The zero-order chi connectivity index (χ0) is 18.6. The summed E-state index contributed by atoms with van der Waals surface area (Å²) < 4.78 is 1.19. The van der Waals surface area contributed by atoms with Crippen LogP contribution in [-0.2, 0) is 6.54 Å². The highest BCUT2D eigenvalue weighted by molar-refractivity contribution is 5.95. The molecule has 1 aromatic heterocycles. The van der Waals surface area contributed by atoms with Gasteiger partial charge in [0, 0.05) is 22.3 Å². The Morgan fingerprint density at radius 2 is 2.04 bits per heavy atom. The third kappa shape index (κ3) is 4.40. The number of nitrogens with one attached hydrogen (secondary N) is 1. The molecule has 2 aromatic rings. The SMILES string of the molecule is CC(Cn1cnc([N+](=O)[O-])n1)=NNC(=O)c1ccc(C)c([N+](=O)[O-])c1. The molecule has 0 atom stereocenters. The molecule has 1 heterocycles. The fraction of sp³-hybridized carbons (Fsp3) is 0.231. The highest BCUT2D eigenvalue weighted by Crippen LogP contribution is 2.19. The smallest absolute Gasteiger partial charge is 0.390 e. The van der Waals surface area contributed by atoms with Crippen molar-refractivity contribution in [1.82, 2.24) is 20.2 Å². The van der Waals surface area contributed by atoms with Crippen molar-refractivity contribution >= 4 is 23.3 Å². The van der Waals surface area contributed by atoms with E-state index in [2.05, 4.69) is 20.6 Å². The molecule has 0 saturated heterocycles. The summed E-state index contributed by atoms with van der Waals surface area (Å²) in [7, 11) is 0. The molecule has 0 aliphatic carbocycles.